The molecule has 1 heterocycles. The molecule has 0 radical (unpaired) electrons. The van der Waals surface area contributed by atoms with Crippen LogP contribution >= 0.6 is 0 Å². The van der Waals surface area contributed by atoms with Crippen molar-refractivity contribution >= 4 is 11.8 Å². The lowest BCUT2D eigenvalue weighted by atomic mass is 9.94. The Morgan fingerprint density at radius 1 is 1.23 bits per heavy atom. The van der Waals surface area contributed by atoms with Gasteiger partial charge in [-0.25, -0.2) is 0 Å². The molecule has 0 saturated carbocycles. The van der Waals surface area contributed by atoms with Crippen LogP contribution in [0.5, 0.6) is 0 Å². The number of aliphatic hydroxyl groups is 1. The van der Waals surface area contributed by atoms with Crippen molar-refractivity contribution in [2.24, 2.45) is 0 Å². The minimum absolute atomic E-state index is 0.0579. The number of hydrogen-bond acceptors (Lipinski definition) is 4. The van der Waals surface area contributed by atoms with Crippen LogP contribution in [0.2, 0.25) is 0 Å². The highest BCUT2D eigenvalue weighted by atomic mass is 16.5. The first-order valence-corrected chi connectivity index (χ1v) is 7.44. The molecule has 6 nitrogen and oxygen atoms in total. The van der Waals surface area contributed by atoms with Gasteiger partial charge in [0.15, 0.2) is 0 Å². The van der Waals surface area contributed by atoms with E-state index in [4.69, 9.17) is 4.74 Å². The van der Waals surface area contributed by atoms with Gasteiger partial charge in [0.1, 0.15) is 0 Å². The largest absolute Gasteiger partial charge is 0.388 e. The predicted octanol–water partition coefficient (Wildman–Crippen LogP) is 0.522. The monoisotopic (exact) mass is 306 g/mol. The van der Waals surface area contributed by atoms with Crippen molar-refractivity contribution in [3.8, 4) is 0 Å². The van der Waals surface area contributed by atoms with Crippen molar-refractivity contribution < 1.29 is 19.4 Å². The molecule has 120 valence electrons. The van der Waals surface area contributed by atoms with E-state index in [-0.39, 0.29) is 12.6 Å². The van der Waals surface area contributed by atoms with Gasteiger partial charge in [0.05, 0.1) is 11.6 Å². The zero-order chi connectivity index (χ0) is 16.0. The zero-order valence-corrected chi connectivity index (χ0v) is 12.7. The van der Waals surface area contributed by atoms with Crippen molar-refractivity contribution in [3.05, 3.63) is 35.9 Å². The molecule has 1 aliphatic rings. The Bertz CT molecular complexity index is 512. The lowest BCUT2D eigenvalue weighted by molar-refractivity contribution is -0.140. The van der Waals surface area contributed by atoms with Gasteiger partial charge in [0.2, 0.25) is 0 Å². The van der Waals surface area contributed by atoms with E-state index in [1.807, 2.05) is 37.3 Å². The molecule has 1 aliphatic heterocycles. The van der Waals surface area contributed by atoms with Crippen LogP contribution in [-0.4, -0.2) is 42.3 Å². The third kappa shape index (κ3) is 4.54. The quantitative estimate of drug-likeness (QED) is 0.708. The third-order valence-corrected chi connectivity index (χ3v) is 3.85. The molecule has 0 spiro atoms. The van der Waals surface area contributed by atoms with Crippen LogP contribution in [0.15, 0.2) is 30.3 Å². The smallest absolute Gasteiger partial charge is 0.309 e. The summed E-state index contributed by atoms with van der Waals surface area (Å²) in [5.41, 5.74) is -0.0640. The van der Waals surface area contributed by atoms with E-state index in [9.17, 15) is 14.7 Å². The molecule has 6 heteroatoms. The van der Waals surface area contributed by atoms with Crippen molar-refractivity contribution in [2.75, 3.05) is 19.8 Å². The summed E-state index contributed by atoms with van der Waals surface area (Å²) in [4.78, 5) is 23.7. The van der Waals surface area contributed by atoms with Crippen LogP contribution in [0.25, 0.3) is 0 Å². The van der Waals surface area contributed by atoms with Crippen molar-refractivity contribution in [2.45, 2.75) is 31.4 Å². The molecule has 0 aliphatic carbocycles. The number of nitrogens with one attached hydrogen (secondary N) is 2. The third-order valence-electron chi connectivity index (χ3n) is 3.85. The summed E-state index contributed by atoms with van der Waals surface area (Å²) in [6.07, 6.45) is 0.907. The van der Waals surface area contributed by atoms with E-state index in [0.717, 1.165) is 5.56 Å². The second-order valence-electron chi connectivity index (χ2n) is 5.63. The minimum Gasteiger partial charge on any atom is -0.388 e. The number of ether oxygens (including phenoxy) is 1. The molecule has 1 saturated heterocycles. The highest BCUT2D eigenvalue weighted by molar-refractivity contribution is 6.35. The summed E-state index contributed by atoms with van der Waals surface area (Å²) >= 11 is 0. The summed E-state index contributed by atoms with van der Waals surface area (Å²) in [6, 6.07) is 9.14. The molecule has 22 heavy (non-hydrogen) atoms. The van der Waals surface area contributed by atoms with Crippen LogP contribution in [0.1, 0.15) is 31.4 Å². The van der Waals surface area contributed by atoms with E-state index in [1.54, 1.807) is 0 Å². The van der Waals surface area contributed by atoms with Gasteiger partial charge < -0.3 is 20.5 Å². The molecular formula is C16H22N2O4. The first-order valence-electron chi connectivity index (χ1n) is 7.44. The van der Waals surface area contributed by atoms with Crippen LogP contribution in [0.4, 0.5) is 0 Å². The summed E-state index contributed by atoms with van der Waals surface area (Å²) in [7, 11) is 0. The molecule has 2 rings (SSSR count). The van der Waals surface area contributed by atoms with Gasteiger partial charge in [-0.3, -0.25) is 9.59 Å². The summed E-state index contributed by atoms with van der Waals surface area (Å²) in [6.45, 7) is 2.79. The molecule has 3 N–H and O–H groups in total. The van der Waals surface area contributed by atoms with Crippen LogP contribution in [0.3, 0.4) is 0 Å². The van der Waals surface area contributed by atoms with Crippen molar-refractivity contribution in [1.82, 2.24) is 10.6 Å². The summed E-state index contributed by atoms with van der Waals surface area (Å²) in [5, 5.41) is 15.4. The average Bonchev–Trinajstić information content (AvgIpc) is 2.54. The number of hydrogen-bond donors (Lipinski definition) is 3. The Morgan fingerprint density at radius 2 is 1.86 bits per heavy atom. The van der Waals surface area contributed by atoms with E-state index < -0.39 is 17.4 Å². The molecule has 1 aromatic rings. The Labute approximate surface area is 129 Å². The molecule has 2 amide bonds. The average molecular weight is 306 g/mol. The molecule has 1 fully saturated rings. The number of rotatable bonds is 4. The minimum atomic E-state index is -0.987. The first kappa shape index (κ1) is 16.5. The van der Waals surface area contributed by atoms with Crippen molar-refractivity contribution in [1.29, 1.82) is 0 Å². The fraction of sp³-hybridized carbons (Fsp3) is 0.500. The van der Waals surface area contributed by atoms with Gasteiger partial charge in [-0.2, -0.15) is 0 Å². The lowest BCUT2D eigenvalue weighted by Gasteiger charge is -2.31. The van der Waals surface area contributed by atoms with Gasteiger partial charge in [-0.05, 0) is 12.5 Å². The maximum absolute atomic E-state index is 11.9. The SMILES string of the molecule is C[C@@H](NC(=O)C(=O)NCC1(O)CCOCC1)c1ccccc1. The Morgan fingerprint density at radius 3 is 2.50 bits per heavy atom. The molecule has 1 aromatic carbocycles. The Hall–Kier alpha value is -1.92. The number of carbonyl (C=O) groups excluding carboxylic acids is 2. The summed E-state index contributed by atoms with van der Waals surface area (Å²) in [5.74, 6) is -1.44. The highest BCUT2D eigenvalue weighted by Crippen LogP contribution is 2.19. The van der Waals surface area contributed by atoms with E-state index in [2.05, 4.69) is 10.6 Å². The van der Waals surface area contributed by atoms with Crippen LogP contribution in [0, 0.1) is 0 Å². The highest BCUT2D eigenvalue weighted by Gasteiger charge is 2.31. The van der Waals surface area contributed by atoms with Gasteiger partial charge in [0.25, 0.3) is 0 Å². The molecule has 0 bridgehead atoms. The summed E-state index contributed by atoms with van der Waals surface area (Å²) < 4.78 is 5.17. The lowest BCUT2D eigenvalue weighted by Crippen LogP contribution is -2.50. The van der Waals surface area contributed by atoms with E-state index in [1.165, 1.54) is 0 Å². The van der Waals surface area contributed by atoms with E-state index >= 15 is 0 Å². The fourth-order valence-electron chi connectivity index (χ4n) is 2.34. The Balaban J connectivity index is 1.81. The van der Waals surface area contributed by atoms with Crippen LogP contribution in [-0.2, 0) is 14.3 Å². The standard InChI is InChI=1S/C16H22N2O4/c1-12(13-5-3-2-4-6-13)18-15(20)14(19)17-11-16(21)7-9-22-10-8-16/h2-6,12,21H,7-11H2,1H3,(H,17,19)(H,18,20)/t12-/m1/s1. The van der Waals surface area contributed by atoms with Gasteiger partial charge in [-0.1, -0.05) is 30.3 Å². The van der Waals surface area contributed by atoms with E-state index in [0.29, 0.717) is 26.1 Å². The van der Waals surface area contributed by atoms with Crippen molar-refractivity contribution in [3.63, 3.8) is 0 Å². The van der Waals surface area contributed by atoms with Gasteiger partial charge in [-0.15, -0.1) is 0 Å². The number of benzene rings is 1. The fourth-order valence-corrected chi connectivity index (χ4v) is 2.34. The first-order chi connectivity index (χ1) is 10.5. The topological polar surface area (TPSA) is 87.7 Å². The zero-order valence-electron chi connectivity index (χ0n) is 12.7. The Kier molecular flexibility index (Phi) is 5.51. The van der Waals surface area contributed by atoms with Gasteiger partial charge in [0, 0.05) is 32.6 Å². The maximum Gasteiger partial charge on any atom is 0.309 e. The number of carbonyl (C=O) groups is 2. The maximum atomic E-state index is 11.9. The second kappa shape index (κ2) is 7.38. The predicted molar refractivity (Wildman–Crippen MR) is 81.0 cm³/mol. The molecule has 0 aromatic heterocycles. The normalized spacial score (nSPS) is 18.3. The van der Waals surface area contributed by atoms with Gasteiger partial charge >= 0.3 is 11.8 Å². The number of amides is 2. The molecule has 1 atom stereocenters. The molecular weight excluding hydrogens is 284 g/mol. The second-order valence-corrected chi connectivity index (χ2v) is 5.63. The molecule has 0 unspecified atom stereocenters. The van der Waals surface area contributed by atoms with Crippen LogP contribution < -0.4 is 10.6 Å².